The van der Waals surface area contributed by atoms with Crippen molar-refractivity contribution in [2.24, 2.45) is 11.8 Å². The molecule has 3 rings (SSSR count). The van der Waals surface area contributed by atoms with E-state index in [9.17, 15) is 0 Å². The molecule has 0 bridgehead atoms. The summed E-state index contributed by atoms with van der Waals surface area (Å²) < 4.78 is 0. The van der Waals surface area contributed by atoms with Gasteiger partial charge < -0.3 is 0 Å². The molecule has 2 fully saturated rings. The maximum Gasteiger partial charge on any atom is 0.0406 e. The molecule has 0 unspecified atom stereocenters. The van der Waals surface area contributed by atoms with Gasteiger partial charge in [0, 0.05) is 5.02 Å². The molecular weight excluding hydrogens is 264 g/mol. The fraction of sp³-hybridized carbons (Fsp3) is 0.632. The van der Waals surface area contributed by atoms with E-state index in [1.165, 1.54) is 56.9 Å². The van der Waals surface area contributed by atoms with Gasteiger partial charge in [-0.25, -0.2) is 0 Å². The molecule has 1 aromatic carbocycles. The van der Waals surface area contributed by atoms with Crippen LogP contribution in [0.2, 0.25) is 5.02 Å². The standard InChI is InChI=1S/C19H26Cl/c1-14-2-4-15(5-3-14)16-6-8-17(9-7-16)18-10-12-19(20)13-11-18/h10-15,17H,2-9H2,1H3. The quantitative estimate of drug-likeness (QED) is 0.591. The first-order valence-corrected chi connectivity index (χ1v) is 8.70. The molecule has 0 aromatic heterocycles. The highest BCUT2D eigenvalue weighted by molar-refractivity contribution is 6.30. The van der Waals surface area contributed by atoms with Crippen molar-refractivity contribution in [3.05, 3.63) is 40.8 Å². The number of halogens is 1. The first kappa shape index (κ1) is 14.4. The van der Waals surface area contributed by atoms with Gasteiger partial charge in [0.1, 0.15) is 0 Å². The molecule has 20 heavy (non-hydrogen) atoms. The lowest BCUT2D eigenvalue weighted by Gasteiger charge is -2.37. The zero-order valence-electron chi connectivity index (χ0n) is 12.6. The number of hydrogen-bond donors (Lipinski definition) is 0. The first-order valence-electron chi connectivity index (χ1n) is 8.32. The second kappa shape index (κ2) is 6.52. The Balaban J connectivity index is 1.53. The Morgan fingerprint density at radius 2 is 1.40 bits per heavy atom. The Kier molecular flexibility index (Phi) is 4.71. The Hall–Kier alpha value is -0.490. The van der Waals surface area contributed by atoms with Crippen molar-refractivity contribution in [1.29, 1.82) is 0 Å². The van der Waals surface area contributed by atoms with Crippen LogP contribution in [0.15, 0.2) is 24.3 Å². The lowest BCUT2D eigenvalue weighted by Crippen LogP contribution is -2.23. The molecule has 0 nitrogen and oxygen atoms in total. The molecule has 1 heteroatoms. The van der Waals surface area contributed by atoms with Gasteiger partial charge in [-0.2, -0.15) is 0 Å². The third-order valence-corrected chi connectivity index (χ3v) is 5.81. The number of benzene rings is 1. The normalized spacial score (nSPS) is 29.5. The van der Waals surface area contributed by atoms with Gasteiger partial charge >= 0.3 is 0 Å². The van der Waals surface area contributed by atoms with Crippen molar-refractivity contribution in [3.63, 3.8) is 0 Å². The van der Waals surface area contributed by atoms with Crippen LogP contribution in [0.3, 0.4) is 0 Å². The monoisotopic (exact) mass is 289 g/mol. The molecule has 1 aromatic rings. The minimum atomic E-state index is 0.763. The van der Waals surface area contributed by atoms with Crippen LogP contribution in [-0.4, -0.2) is 0 Å². The van der Waals surface area contributed by atoms with Gasteiger partial charge in [0.25, 0.3) is 0 Å². The molecule has 0 atom stereocenters. The highest BCUT2D eigenvalue weighted by Gasteiger charge is 2.30. The summed E-state index contributed by atoms with van der Waals surface area (Å²) in [7, 11) is 0. The van der Waals surface area contributed by atoms with E-state index in [-0.39, 0.29) is 0 Å². The van der Waals surface area contributed by atoms with E-state index in [0.717, 1.165) is 22.8 Å². The topological polar surface area (TPSA) is 0 Å². The van der Waals surface area contributed by atoms with Gasteiger partial charge in [0.2, 0.25) is 0 Å². The Morgan fingerprint density at radius 3 is 2.00 bits per heavy atom. The van der Waals surface area contributed by atoms with E-state index >= 15 is 0 Å². The summed E-state index contributed by atoms with van der Waals surface area (Å²) in [5.41, 5.74) is 1.49. The average Bonchev–Trinajstić information content (AvgIpc) is 2.49. The zero-order chi connectivity index (χ0) is 13.9. The largest absolute Gasteiger partial charge is 0.0843 e. The summed E-state index contributed by atoms with van der Waals surface area (Å²) in [5.74, 6) is 4.58. The molecule has 0 saturated heterocycles. The van der Waals surface area contributed by atoms with Crippen LogP contribution < -0.4 is 0 Å². The van der Waals surface area contributed by atoms with Crippen LogP contribution in [0.4, 0.5) is 0 Å². The summed E-state index contributed by atoms with van der Waals surface area (Å²) in [4.78, 5) is 0. The van der Waals surface area contributed by atoms with Gasteiger partial charge in [-0.3, -0.25) is 0 Å². The fourth-order valence-corrected chi connectivity index (χ4v) is 4.26. The highest BCUT2D eigenvalue weighted by Crippen LogP contribution is 2.45. The molecule has 2 saturated carbocycles. The molecule has 2 aliphatic carbocycles. The maximum atomic E-state index is 5.98. The minimum Gasteiger partial charge on any atom is -0.0843 e. The second-order valence-electron chi connectivity index (χ2n) is 6.94. The fourth-order valence-electron chi connectivity index (χ4n) is 4.13. The molecule has 0 heterocycles. The zero-order valence-corrected chi connectivity index (χ0v) is 13.3. The summed E-state index contributed by atoms with van der Waals surface area (Å²) >= 11 is 5.98. The van der Waals surface area contributed by atoms with Crippen LogP contribution in [-0.2, 0) is 0 Å². The van der Waals surface area contributed by atoms with Gasteiger partial charge in [-0.05, 0) is 79.9 Å². The van der Waals surface area contributed by atoms with Crippen LogP contribution in [0.1, 0.15) is 69.8 Å². The van der Waals surface area contributed by atoms with Crippen molar-refractivity contribution in [1.82, 2.24) is 0 Å². The minimum absolute atomic E-state index is 0.763. The van der Waals surface area contributed by atoms with E-state index < -0.39 is 0 Å². The van der Waals surface area contributed by atoms with Gasteiger partial charge in [-0.1, -0.05) is 43.5 Å². The Bertz CT molecular complexity index is 406. The van der Waals surface area contributed by atoms with Crippen LogP contribution in [0.25, 0.3) is 0 Å². The van der Waals surface area contributed by atoms with Crippen molar-refractivity contribution >= 4 is 11.6 Å². The maximum absolute atomic E-state index is 5.98. The Morgan fingerprint density at radius 1 is 0.800 bits per heavy atom. The predicted molar refractivity (Wildman–Crippen MR) is 87.0 cm³/mol. The summed E-state index contributed by atoms with van der Waals surface area (Å²) in [6.07, 6.45) is 11.3. The first-order chi connectivity index (χ1) is 9.72. The number of rotatable bonds is 2. The molecule has 0 amide bonds. The van der Waals surface area contributed by atoms with E-state index in [4.69, 9.17) is 11.6 Å². The summed E-state index contributed by atoms with van der Waals surface area (Å²) in [6.45, 7) is 2.42. The van der Waals surface area contributed by atoms with E-state index in [2.05, 4.69) is 19.1 Å². The molecule has 0 aliphatic heterocycles. The van der Waals surface area contributed by atoms with Gasteiger partial charge in [0.05, 0.1) is 0 Å². The third kappa shape index (κ3) is 3.39. The lowest BCUT2D eigenvalue weighted by molar-refractivity contribution is 0.266. The second-order valence-corrected chi connectivity index (χ2v) is 7.38. The van der Waals surface area contributed by atoms with Crippen molar-refractivity contribution in [3.8, 4) is 0 Å². The van der Waals surface area contributed by atoms with Crippen LogP contribution in [0, 0.1) is 17.8 Å². The SMILES string of the molecule is CC1CCC([C]2CCC(c3ccc(Cl)cc3)CC2)CC1. The predicted octanol–water partition coefficient (Wildman–Crippen LogP) is 6.40. The highest BCUT2D eigenvalue weighted by atomic mass is 35.5. The van der Waals surface area contributed by atoms with Gasteiger partial charge in [0.15, 0.2) is 0 Å². The van der Waals surface area contributed by atoms with Crippen LogP contribution in [0.5, 0.6) is 0 Å². The third-order valence-electron chi connectivity index (χ3n) is 5.56. The smallest absolute Gasteiger partial charge is 0.0406 e. The molecule has 0 N–H and O–H groups in total. The van der Waals surface area contributed by atoms with Crippen molar-refractivity contribution in [2.45, 2.75) is 64.2 Å². The molecule has 1 radical (unpaired) electrons. The van der Waals surface area contributed by atoms with Gasteiger partial charge in [-0.15, -0.1) is 0 Å². The van der Waals surface area contributed by atoms with E-state index in [1.807, 2.05) is 18.1 Å². The lowest BCUT2D eigenvalue weighted by atomic mass is 9.68. The molecular formula is C19H26Cl. The summed E-state index contributed by atoms with van der Waals surface area (Å²) in [5, 5.41) is 0.855. The van der Waals surface area contributed by atoms with Crippen LogP contribution >= 0.6 is 11.6 Å². The molecule has 109 valence electrons. The number of hydrogen-bond acceptors (Lipinski definition) is 0. The molecule has 2 aliphatic rings. The van der Waals surface area contributed by atoms with Crippen molar-refractivity contribution < 1.29 is 0 Å². The summed E-state index contributed by atoms with van der Waals surface area (Å²) in [6, 6.07) is 8.53. The van der Waals surface area contributed by atoms with Crippen molar-refractivity contribution in [2.75, 3.05) is 0 Å². The van der Waals surface area contributed by atoms with E-state index in [0.29, 0.717) is 0 Å². The average molecular weight is 290 g/mol. The van der Waals surface area contributed by atoms with E-state index in [1.54, 1.807) is 0 Å². The molecule has 0 spiro atoms. The Labute approximate surface area is 128 Å².